The van der Waals surface area contributed by atoms with Crippen molar-refractivity contribution in [2.75, 3.05) is 7.11 Å². The maximum absolute atomic E-state index is 13.9. The number of rotatable bonds is 5. The second-order valence-corrected chi connectivity index (χ2v) is 5.22. The molecule has 1 aromatic heterocycles. The Kier molecular flexibility index (Phi) is 4.55. The molecule has 0 aliphatic heterocycles. The molecule has 102 valence electrons. The van der Waals surface area contributed by atoms with E-state index in [2.05, 4.69) is 10.2 Å². The lowest BCUT2D eigenvalue weighted by Gasteiger charge is -2.09. The summed E-state index contributed by atoms with van der Waals surface area (Å²) in [5.41, 5.74) is 0.926. The van der Waals surface area contributed by atoms with Crippen molar-refractivity contribution >= 4 is 11.3 Å². The fourth-order valence-electron chi connectivity index (χ4n) is 1.79. The summed E-state index contributed by atoms with van der Waals surface area (Å²) in [4.78, 5) is 0. The van der Waals surface area contributed by atoms with E-state index in [0.29, 0.717) is 17.5 Å². The summed E-state index contributed by atoms with van der Waals surface area (Å²) in [5, 5.41) is 9.64. The van der Waals surface area contributed by atoms with Crippen molar-refractivity contribution in [2.45, 2.75) is 26.4 Å². The van der Waals surface area contributed by atoms with Gasteiger partial charge in [-0.2, -0.15) is 0 Å². The van der Waals surface area contributed by atoms with Gasteiger partial charge in [0.05, 0.1) is 6.61 Å². The minimum Gasteiger partial charge on any atom is -0.380 e. The van der Waals surface area contributed by atoms with Crippen molar-refractivity contribution in [3.63, 3.8) is 0 Å². The fourth-order valence-corrected chi connectivity index (χ4v) is 2.59. The number of ether oxygens (including phenoxy) is 1. The van der Waals surface area contributed by atoms with Crippen LogP contribution in [0.25, 0.3) is 0 Å². The molecule has 1 aromatic carbocycles. The molecule has 0 spiro atoms. The highest BCUT2D eigenvalue weighted by Crippen LogP contribution is 2.22. The first kappa shape index (κ1) is 14.0. The fraction of sp³-hybridized carbons (Fsp3) is 0.385. The summed E-state index contributed by atoms with van der Waals surface area (Å²) in [6, 6.07) is 2.18. The zero-order chi connectivity index (χ0) is 13.8. The molecule has 0 aliphatic carbocycles. The molecule has 0 N–H and O–H groups in total. The minimum atomic E-state index is -0.597. The predicted molar refractivity (Wildman–Crippen MR) is 69.2 cm³/mol. The lowest BCUT2D eigenvalue weighted by Crippen LogP contribution is -2.02. The van der Waals surface area contributed by atoms with Crippen LogP contribution in [0.5, 0.6) is 0 Å². The Labute approximate surface area is 114 Å². The summed E-state index contributed by atoms with van der Waals surface area (Å²) in [5.74, 6) is -1.17. The summed E-state index contributed by atoms with van der Waals surface area (Å²) in [6.45, 7) is 2.16. The number of hydrogen-bond acceptors (Lipinski definition) is 4. The van der Waals surface area contributed by atoms with Crippen LogP contribution < -0.4 is 0 Å². The Hall–Kier alpha value is -1.40. The van der Waals surface area contributed by atoms with Gasteiger partial charge in [0.25, 0.3) is 0 Å². The molecule has 19 heavy (non-hydrogen) atoms. The molecule has 0 radical (unpaired) electrons. The first-order valence-corrected chi connectivity index (χ1v) is 6.72. The smallest absolute Gasteiger partial charge is 0.130 e. The highest BCUT2D eigenvalue weighted by molar-refractivity contribution is 7.11. The van der Waals surface area contributed by atoms with E-state index in [9.17, 15) is 8.78 Å². The molecule has 0 fully saturated rings. The summed E-state index contributed by atoms with van der Waals surface area (Å²) in [7, 11) is 1.49. The molecule has 1 heterocycles. The van der Waals surface area contributed by atoms with Crippen molar-refractivity contribution in [3.05, 3.63) is 44.9 Å². The largest absolute Gasteiger partial charge is 0.380 e. The maximum atomic E-state index is 13.9. The lowest BCUT2D eigenvalue weighted by molar-refractivity contribution is 0.183. The van der Waals surface area contributed by atoms with Crippen LogP contribution in [0, 0.1) is 11.6 Å². The van der Waals surface area contributed by atoms with Crippen LogP contribution in [0.15, 0.2) is 12.1 Å². The van der Waals surface area contributed by atoms with E-state index in [1.165, 1.54) is 24.5 Å². The quantitative estimate of drug-likeness (QED) is 0.846. The molecule has 0 atom stereocenters. The maximum Gasteiger partial charge on any atom is 0.130 e. The van der Waals surface area contributed by atoms with Crippen LogP contribution in [0.3, 0.4) is 0 Å². The van der Waals surface area contributed by atoms with E-state index < -0.39 is 11.6 Å². The van der Waals surface area contributed by atoms with Crippen LogP contribution in [0.1, 0.15) is 28.1 Å². The predicted octanol–water partition coefficient (Wildman–Crippen LogP) is 3.12. The minimum absolute atomic E-state index is 0.170. The van der Waals surface area contributed by atoms with Crippen LogP contribution in [-0.2, 0) is 24.2 Å². The van der Waals surface area contributed by atoms with E-state index in [-0.39, 0.29) is 6.61 Å². The third-order valence-electron chi connectivity index (χ3n) is 2.69. The molecule has 3 nitrogen and oxygen atoms in total. The monoisotopic (exact) mass is 284 g/mol. The molecule has 0 unspecified atom stereocenters. The van der Waals surface area contributed by atoms with Crippen molar-refractivity contribution in [3.8, 4) is 0 Å². The summed E-state index contributed by atoms with van der Waals surface area (Å²) in [6.07, 6.45) is 1.11. The highest BCUT2D eigenvalue weighted by atomic mass is 32.1. The number of halogens is 2. The van der Waals surface area contributed by atoms with E-state index in [4.69, 9.17) is 4.74 Å². The van der Waals surface area contributed by atoms with Gasteiger partial charge in [-0.1, -0.05) is 6.92 Å². The third kappa shape index (κ3) is 3.33. The van der Waals surface area contributed by atoms with Crippen LogP contribution in [0.2, 0.25) is 0 Å². The van der Waals surface area contributed by atoms with Crippen molar-refractivity contribution < 1.29 is 13.5 Å². The summed E-state index contributed by atoms with van der Waals surface area (Å²) < 4.78 is 32.1. The number of aromatic nitrogens is 2. The van der Waals surface area contributed by atoms with E-state index in [1.54, 1.807) is 0 Å². The Balaban J connectivity index is 2.32. The van der Waals surface area contributed by atoms with Gasteiger partial charge in [0, 0.05) is 25.2 Å². The zero-order valence-corrected chi connectivity index (χ0v) is 11.6. The topological polar surface area (TPSA) is 35.0 Å². The van der Waals surface area contributed by atoms with Gasteiger partial charge in [0.1, 0.15) is 21.6 Å². The highest BCUT2D eigenvalue weighted by Gasteiger charge is 2.14. The first-order chi connectivity index (χ1) is 9.13. The van der Waals surface area contributed by atoms with Crippen molar-refractivity contribution in [1.82, 2.24) is 10.2 Å². The van der Waals surface area contributed by atoms with Crippen LogP contribution in [-0.4, -0.2) is 17.3 Å². The third-order valence-corrected chi connectivity index (χ3v) is 3.76. The van der Waals surface area contributed by atoms with Gasteiger partial charge in [-0.3, -0.25) is 0 Å². The second kappa shape index (κ2) is 6.16. The van der Waals surface area contributed by atoms with Gasteiger partial charge >= 0.3 is 0 Å². The molecule has 0 saturated heterocycles. The van der Waals surface area contributed by atoms with E-state index in [0.717, 1.165) is 22.5 Å². The Morgan fingerprint density at radius 2 is 1.95 bits per heavy atom. The molecule has 2 rings (SSSR count). The number of benzene rings is 1. The van der Waals surface area contributed by atoms with Gasteiger partial charge < -0.3 is 4.74 Å². The first-order valence-electron chi connectivity index (χ1n) is 5.91. The molecule has 0 aliphatic rings. The molecule has 0 bridgehead atoms. The second-order valence-electron chi connectivity index (χ2n) is 4.08. The van der Waals surface area contributed by atoms with Gasteiger partial charge in [-0.15, -0.1) is 21.5 Å². The van der Waals surface area contributed by atoms with Gasteiger partial charge in [0.2, 0.25) is 0 Å². The molecule has 6 heteroatoms. The zero-order valence-electron chi connectivity index (χ0n) is 10.7. The van der Waals surface area contributed by atoms with E-state index >= 15 is 0 Å². The number of methoxy groups -OCH3 is 1. The standard InChI is InChI=1S/C13H14F2N2OS/c1-3-12-16-17-13(19-12)6-10-8(7-18-2)4-9(14)5-11(10)15/h4-5H,3,6-7H2,1-2H3. The van der Waals surface area contributed by atoms with Gasteiger partial charge in [0.15, 0.2) is 0 Å². The number of hydrogen-bond donors (Lipinski definition) is 0. The Bertz CT molecular complexity index is 572. The van der Waals surface area contributed by atoms with Crippen LogP contribution in [0.4, 0.5) is 8.78 Å². The van der Waals surface area contributed by atoms with Crippen LogP contribution >= 0.6 is 11.3 Å². The number of nitrogens with zero attached hydrogens (tertiary/aromatic N) is 2. The molecule has 2 aromatic rings. The molecular weight excluding hydrogens is 270 g/mol. The van der Waals surface area contributed by atoms with E-state index in [1.807, 2.05) is 6.92 Å². The Morgan fingerprint density at radius 3 is 2.58 bits per heavy atom. The molecular formula is C13H14F2N2OS. The summed E-state index contributed by atoms with van der Waals surface area (Å²) >= 11 is 1.44. The van der Waals surface area contributed by atoms with Crippen molar-refractivity contribution in [1.29, 1.82) is 0 Å². The normalized spacial score (nSPS) is 10.9. The average molecular weight is 284 g/mol. The molecule has 0 amide bonds. The average Bonchev–Trinajstić information content (AvgIpc) is 2.81. The lowest BCUT2D eigenvalue weighted by atomic mass is 10.0. The Morgan fingerprint density at radius 1 is 1.21 bits per heavy atom. The number of aryl methyl sites for hydroxylation is 1. The van der Waals surface area contributed by atoms with Gasteiger partial charge in [-0.05, 0) is 18.1 Å². The molecule has 0 saturated carbocycles. The van der Waals surface area contributed by atoms with Crippen molar-refractivity contribution in [2.24, 2.45) is 0 Å². The SMILES string of the molecule is CCc1nnc(Cc2c(F)cc(F)cc2COC)s1. The van der Waals surface area contributed by atoms with Gasteiger partial charge in [-0.25, -0.2) is 8.78 Å².